The van der Waals surface area contributed by atoms with Gasteiger partial charge in [0, 0.05) is 6.54 Å². The van der Waals surface area contributed by atoms with Crippen LogP contribution in [-0.2, 0) is 21.2 Å². The van der Waals surface area contributed by atoms with Gasteiger partial charge in [-0.25, -0.2) is 8.42 Å². The van der Waals surface area contributed by atoms with Crippen LogP contribution in [0.1, 0.15) is 22.8 Å². The Balaban J connectivity index is 2.21. The Kier molecular flexibility index (Phi) is 7.55. The van der Waals surface area contributed by atoms with E-state index < -0.39 is 22.5 Å². The van der Waals surface area contributed by atoms with Crippen LogP contribution in [0.4, 0.5) is 11.4 Å². The number of benzene rings is 2. The molecule has 2 N–H and O–H groups in total. The summed E-state index contributed by atoms with van der Waals surface area (Å²) in [6.45, 7) is 5.42. The van der Waals surface area contributed by atoms with Crippen molar-refractivity contribution in [2.75, 3.05) is 29.0 Å². The second-order valence-electron chi connectivity index (χ2n) is 6.38. The molecule has 0 bridgehead atoms. The van der Waals surface area contributed by atoms with Gasteiger partial charge in [0.15, 0.2) is 0 Å². The van der Waals surface area contributed by atoms with Crippen LogP contribution >= 0.6 is 0 Å². The number of anilines is 2. The molecule has 2 aromatic carbocycles. The Morgan fingerprint density at radius 1 is 1.10 bits per heavy atom. The number of nitrogens with one attached hydrogen (secondary N) is 2. The van der Waals surface area contributed by atoms with E-state index in [9.17, 15) is 18.0 Å². The zero-order valence-electron chi connectivity index (χ0n) is 16.5. The van der Waals surface area contributed by atoms with Crippen LogP contribution in [0.5, 0.6) is 0 Å². The molecule has 8 heteroatoms. The van der Waals surface area contributed by atoms with Gasteiger partial charge < -0.3 is 10.6 Å². The molecule has 0 fully saturated rings. The number of nitrogens with zero attached hydrogens (tertiary/aromatic N) is 1. The van der Waals surface area contributed by atoms with Crippen molar-refractivity contribution in [3.8, 4) is 0 Å². The third kappa shape index (κ3) is 6.18. The maximum Gasteiger partial charge on any atom is 0.253 e. The van der Waals surface area contributed by atoms with Crippen molar-refractivity contribution in [3.63, 3.8) is 0 Å². The summed E-state index contributed by atoms with van der Waals surface area (Å²) in [7, 11) is -3.68. The van der Waals surface area contributed by atoms with Crippen molar-refractivity contribution in [1.82, 2.24) is 5.32 Å². The molecule has 0 aliphatic heterocycles. The van der Waals surface area contributed by atoms with Crippen LogP contribution < -0.4 is 14.9 Å². The van der Waals surface area contributed by atoms with Crippen LogP contribution in [0, 0.1) is 0 Å². The molecule has 29 heavy (non-hydrogen) atoms. The lowest BCUT2D eigenvalue weighted by Gasteiger charge is -2.22. The van der Waals surface area contributed by atoms with Gasteiger partial charge in [-0.2, -0.15) is 0 Å². The van der Waals surface area contributed by atoms with E-state index in [1.54, 1.807) is 42.5 Å². The molecule has 0 saturated carbocycles. The number of aryl methyl sites for hydroxylation is 1. The van der Waals surface area contributed by atoms with Crippen LogP contribution in [0.2, 0.25) is 0 Å². The first-order valence-electron chi connectivity index (χ1n) is 9.11. The van der Waals surface area contributed by atoms with Crippen LogP contribution in [-0.4, -0.2) is 39.6 Å². The first kappa shape index (κ1) is 22.2. The molecule has 0 unspecified atom stereocenters. The first-order valence-corrected chi connectivity index (χ1v) is 11.0. The second-order valence-corrected chi connectivity index (χ2v) is 8.29. The summed E-state index contributed by atoms with van der Waals surface area (Å²) >= 11 is 0. The monoisotopic (exact) mass is 415 g/mol. The van der Waals surface area contributed by atoms with Crippen LogP contribution in [0.3, 0.4) is 0 Å². The van der Waals surface area contributed by atoms with Gasteiger partial charge in [0.25, 0.3) is 5.91 Å². The summed E-state index contributed by atoms with van der Waals surface area (Å²) in [5, 5.41) is 5.28. The minimum atomic E-state index is -3.68. The highest BCUT2D eigenvalue weighted by molar-refractivity contribution is 7.92. The zero-order chi connectivity index (χ0) is 21.4. The molecule has 0 aromatic heterocycles. The number of para-hydroxylation sites is 1. The number of sulfonamides is 1. The van der Waals surface area contributed by atoms with E-state index >= 15 is 0 Å². The predicted molar refractivity (Wildman–Crippen MR) is 116 cm³/mol. The van der Waals surface area contributed by atoms with Crippen LogP contribution in [0.25, 0.3) is 0 Å². The summed E-state index contributed by atoms with van der Waals surface area (Å²) in [6.07, 6.45) is 3.42. The maximum atomic E-state index is 12.6. The Hall–Kier alpha value is -3.13. The van der Waals surface area contributed by atoms with Crippen molar-refractivity contribution < 1.29 is 18.0 Å². The highest BCUT2D eigenvalue weighted by Gasteiger charge is 2.22. The number of rotatable bonds is 9. The van der Waals surface area contributed by atoms with Crippen molar-refractivity contribution in [1.29, 1.82) is 0 Å². The molecule has 0 radical (unpaired) electrons. The molecule has 0 spiro atoms. The average Bonchev–Trinajstić information content (AvgIpc) is 2.70. The minimum absolute atomic E-state index is 0.279. The van der Waals surface area contributed by atoms with Gasteiger partial charge >= 0.3 is 0 Å². The molecular weight excluding hydrogens is 390 g/mol. The number of amides is 2. The minimum Gasteiger partial charge on any atom is -0.349 e. The van der Waals surface area contributed by atoms with Crippen molar-refractivity contribution in [2.45, 2.75) is 13.3 Å². The molecular formula is C21H25N3O4S. The van der Waals surface area contributed by atoms with Gasteiger partial charge in [-0.15, -0.1) is 6.58 Å². The molecule has 0 aliphatic carbocycles. The highest BCUT2D eigenvalue weighted by atomic mass is 32.2. The fraction of sp³-hybridized carbons (Fsp3) is 0.238. The van der Waals surface area contributed by atoms with Gasteiger partial charge in [0.2, 0.25) is 15.9 Å². The molecule has 0 aliphatic rings. The predicted octanol–water partition coefficient (Wildman–Crippen LogP) is 2.57. The molecule has 7 nitrogen and oxygen atoms in total. The lowest BCUT2D eigenvalue weighted by molar-refractivity contribution is -0.114. The van der Waals surface area contributed by atoms with Crippen molar-refractivity contribution in [2.24, 2.45) is 0 Å². The average molecular weight is 416 g/mol. The quantitative estimate of drug-likeness (QED) is 0.616. The van der Waals surface area contributed by atoms with Gasteiger partial charge in [0.05, 0.1) is 23.2 Å². The van der Waals surface area contributed by atoms with E-state index in [2.05, 4.69) is 17.2 Å². The lowest BCUT2D eigenvalue weighted by Crippen LogP contribution is -2.37. The Labute approximate surface area is 171 Å². The molecule has 0 heterocycles. The van der Waals surface area contributed by atoms with Crippen molar-refractivity contribution >= 4 is 33.2 Å². The smallest absolute Gasteiger partial charge is 0.253 e. The number of hydrogen-bond acceptors (Lipinski definition) is 4. The summed E-state index contributed by atoms with van der Waals surface area (Å²) in [5.74, 6) is -0.921. The molecule has 0 atom stereocenters. The molecule has 2 amide bonds. The van der Waals surface area contributed by atoms with E-state index in [4.69, 9.17) is 0 Å². The summed E-state index contributed by atoms with van der Waals surface area (Å²) in [5.41, 5.74) is 2.04. The Morgan fingerprint density at radius 2 is 1.76 bits per heavy atom. The summed E-state index contributed by atoms with van der Waals surface area (Å²) < 4.78 is 25.5. The molecule has 2 aromatic rings. The summed E-state index contributed by atoms with van der Waals surface area (Å²) in [6, 6.07) is 13.5. The van der Waals surface area contributed by atoms with Gasteiger partial charge in [-0.3, -0.25) is 13.9 Å². The van der Waals surface area contributed by atoms with E-state index in [0.29, 0.717) is 11.4 Å². The fourth-order valence-corrected chi connectivity index (χ4v) is 3.52. The van der Waals surface area contributed by atoms with E-state index in [-0.39, 0.29) is 18.0 Å². The fourth-order valence-electron chi connectivity index (χ4n) is 2.67. The topological polar surface area (TPSA) is 95.6 Å². The third-order valence-electron chi connectivity index (χ3n) is 4.17. The number of carbonyl (C=O) groups excluding carboxylic acids is 2. The zero-order valence-corrected chi connectivity index (χ0v) is 17.3. The molecule has 0 saturated heterocycles. The number of hydrogen-bond donors (Lipinski definition) is 2. The first-order chi connectivity index (χ1) is 13.8. The van der Waals surface area contributed by atoms with Crippen LogP contribution in [0.15, 0.2) is 61.2 Å². The van der Waals surface area contributed by atoms with E-state index in [1.807, 2.05) is 19.1 Å². The SMILES string of the molecule is C=CCNC(=O)c1ccccc1NC(=O)CN(c1ccc(CC)cc1)S(C)(=O)=O. The Morgan fingerprint density at radius 3 is 2.34 bits per heavy atom. The lowest BCUT2D eigenvalue weighted by atomic mass is 10.1. The summed E-state index contributed by atoms with van der Waals surface area (Å²) in [4.78, 5) is 24.8. The van der Waals surface area contributed by atoms with Gasteiger partial charge in [-0.1, -0.05) is 37.3 Å². The molecule has 154 valence electrons. The standard InChI is InChI=1S/C21H25N3O4S/c1-4-14-22-21(26)18-8-6-7-9-19(18)23-20(25)15-24(29(3,27)28)17-12-10-16(5-2)11-13-17/h4,6-13H,1,5,14-15H2,2-3H3,(H,22,26)(H,23,25). The highest BCUT2D eigenvalue weighted by Crippen LogP contribution is 2.20. The van der Waals surface area contributed by atoms with Gasteiger partial charge in [-0.05, 0) is 36.2 Å². The van der Waals surface area contributed by atoms with E-state index in [1.165, 1.54) is 0 Å². The Bertz CT molecular complexity index is 985. The largest absolute Gasteiger partial charge is 0.349 e. The number of carbonyl (C=O) groups is 2. The van der Waals surface area contributed by atoms with Gasteiger partial charge in [0.1, 0.15) is 6.54 Å². The van der Waals surface area contributed by atoms with Crippen molar-refractivity contribution in [3.05, 3.63) is 72.3 Å². The maximum absolute atomic E-state index is 12.6. The second kappa shape index (κ2) is 9.88. The normalized spacial score (nSPS) is 10.8. The molecule has 2 rings (SSSR count). The third-order valence-corrected chi connectivity index (χ3v) is 5.31. The van der Waals surface area contributed by atoms with E-state index in [0.717, 1.165) is 22.5 Å².